The highest BCUT2D eigenvalue weighted by Crippen LogP contribution is 2.42. The van der Waals surface area contributed by atoms with Crippen molar-refractivity contribution < 1.29 is 13.9 Å². The van der Waals surface area contributed by atoms with Crippen LogP contribution in [0.5, 0.6) is 5.75 Å². The van der Waals surface area contributed by atoms with E-state index in [0.717, 1.165) is 43.4 Å². The molecule has 3 heteroatoms. The van der Waals surface area contributed by atoms with E-state index in [4.69, 9.17) is 4.74 Å². The molecule has 0 unspecified atom stereocenters. The van der Waals surface area contributed by atoms with Crippen LogP contribution in [0, 0.1) is 29.5 Å². The molecule has 27 heavy (non-hydrogen) atoms. The van der Waals surface area contributed by atoms with Crippen molar-refractivity contribution in [2.75, 3.05) is 0 Å². The zero-order valence-corrected chi connectivity index (χ0v) is 16.8. The SMILES string of the molecule is CCCCC[C@H]1CC[C@H](C2CCC(C(=O)Oc3ccc(F)cc3)CC2)CC1. The molecule has 0 aromatic heterocycles. The Morgan fingerprint density at radius 3 is 2.11 bits per heavy atom. The van der Waals surface area contributed by atoms with E-state index in [0.29, 0.717) is 5.75 Å². The number of unbranched alkanes of at least 4 members (excludes halogenated alkanes) is 2. The van der Waals surface area contributed by atoms with Gasteiger partial charge in [0.15, 0.2) is 0 Å². The van der Waals surface area contributed by atoms with Crippen LogP contribution in [0.3, 0.4) is 0 Å². The number of halogens is 1. The molecule has 2 aliphatic carbocycles. The topological polar surface area (TPSA) is 26.3 Å². The second kappa shape index (κ2) is 10.2. The Morgan fingerprint density at radius 1 is 0.926 bits per heavy atom. The summed E-state index contributed by atoms with van der Waals surface area (Å²) >= 11 is 0. The first-order chi connectivity index (χ1) is 13.2. The van der Waals surface area contributed by atoms with Crippen LogP contribution < -0.4 is 4.74 Å². The predicted octanol–water partition coefficient (Wildman–Crippen LogP) is 6.92. The van der Waals surface area contributed by atoms with E-state index in [1.165, 1.54) is 75.6 Å². The highest BCUT2D eigenvalue weighted by molar-refractivity contribution is 5.75. The van der Waals surface area contributed by atoms with E-state index < -0.39 is 0 Å². The van der Waals surface area contributed by atoms with Gasteiger partial charge in [-0.05, 0) is 80.5 Å². The van der Waals surface area contributed by atoms with Gasteiger partial charge >= 0.3 is 5.97 Å². The molecular formula is C24H35FO2. The Bertz CT molecular complexity index is 567. The summed E-state index contributed by atoms with van der Waals surface area (Å²) in [6.07, 6.45) is 15.4. The first kappa shape index (κ1) is 20.4. The first-order valence-electron chi connectivity index (χ1n) is 11.1. The number of benzene rings is 1. The van der Waals surface area contributed by atoms with Crippen LogP contribution in [-0.2, 0) is 4.79 Å². The van der Waals surface area contributed by atoms with Gasteiger partial charge in [-0.2, -0.15) is 0 Å². The maximum Gasteiger partial charge on any atom is 0.314 e. The van der Waals surface area contributed by atoms with E-state index in [1.54, 1.807) is 0 Å². The molecule has 2 saturated carbocycles. The lowest BCUT2D eigenvalue weighted by Gasteiger charge is -2.37. The van der Waals surface area contributed by atoms with Gasteiger partial charge in [0.1, 0.15) is 11.6 Å². The second-order valence-electron chi connectivity index (χ2n) is 8.76. The average Bonchev–Trinajstić information content (AvgIpc) is 2.70. The van der Waals surface area contributed by atoms with Crippen LogP contribution in [0.2, 0.25) is 0 Å². The summed E-state index contributed by atoms with van der Waals surface area (Å²) in [5.74, 6) is 2.66. The molecule has 150 valence electrons. The number of carbonyl (C=O) groups is 1. The van der Waals surface area contributed by atoms with Gasteiger partial charge in [-0.1, -0.05) is 45.4 Å². The van der Waals surface area contributed by atoms with Gasteiger partial charge < -0.3 is 4.74 Å². The van der Waals surface area contributed by atoms with Gasteiger partial charge in [0.25, 0.3) is 0 Å². The van der Waals surface area contributed by atoms with Crippen molar-refractivity contribution in [3.05, 3.63) is 30.1 Å². The smallest absolute Gasteiger partial charge is 0.314 e. The average molecular weight is 375 g/mol. The molecule has 0 N–H and O–H groups in total. The van der Waals surface area contributed by atoms with Crippen molar-refractivity contribution in [3.8, 4) is 5.75 Å². The summed E-state index contributed by atoms with van der Waals surface area (Å²) in [7, 11) is 0. The lowest BCUT2D eigenvalue weighted by Crippen LogP contribution is -2.30. The fraction of sp³-hybridized carbons (Fsp3) is 0.708. The molecule has 0 atom stereocenters. The van der Waals surface area contributed by atoms with E-state index in [2.05, 4.69) is 6.92 Å². The number of carbonyl (C=O) groups excluding carboxylic acids is 1. The van der Waals surface area contributed by atoms with Gasteiger partial charge in [-0.25, -0.2) is 4.39 Å². The third kappa shape index (κ3) is 6.05. The molecule has 0 amide bonds. The second-order valence-corrected chi connectivity index (χ2v) is 8.76. The fourth-order valence-corrected chi connectivity index (χ4v) is 5.16. The molecule has 1 aromatic carbocycles. The lowest BCUT2D eigenvalue weighted by atomic mass is 9.68. The van der Waals surface area contributed by atoms with E-state index in [9.17, 15) is 9.18 Å². The number of esters is 1. The fourth-order valence-electron chi connectivity index (χ4n) is 5.16. The molecule has 0 spiro atoms. The predicted molar refractivity (Wildman–Crippen MR) is 107 cm³/mol. The van der Waals surface area contributed by atoms with E-state index in [1.807, 2.05) is 0 Å². The number of rotatable bonds is 7. The minimum absolute atomic E-state index is 0.0108. The highest BCUT2D eigenvalue weighted by atomic mass is 19.1. The zero-order valence-electron chi connectivity index (χ0n) is 16.8. The van der Waals surface area contributed by atoms with E-state index >= 15 is 0 Å². The molecule has 0 saturated heterocycles. The monoisotopic (exact) mass is 374 g/mol. The van der Waals surface area contributed by atoms with Crippen LogP contribution >= 0.6 is 0 Å². The Morgan fingerprint density at radius 2 is 1.52 bits per heavy atom. The summed E-state index contributed by atoms with van der Waals surface area (Å²) in [6.45, 7) is 2.28. The molecular weight excluding hydrogens is 339 g/mol. The normalized spacial score (nSPS) is 28.7. The van der Waals surface area contributed by atoms with Gasteiger partial charge in [0.2, 0.25) is 0 Å². The minimum Gasteiger partial charge on any atom is -0.426 e. The van der Waals surface area contributed by atoms with Crippen LogP contribution in [0.4, 0.5) is 4.39 Å². The molecule has 0 bridgehead atoms. The maximum atomic E-state index is 13.0. The Kier molecular flexibility index (Phi) is 7.72. The summed E-state index contributed by atoms with van der Waals surface area (Å²) in [4.78, 5) is 12.4. The number of hydrogen-bond acceptors (Lipinski definition) is 2. The standard InChI is InChI=1S/C24H35FO2/c1-2-3-4-5-18-6-8-19(9-7-18)20-10-12-21(13-11-20)24(26)27-23-16-14-22(25)15-17-23/h14-21H,2-13H2,1H3/t18-,19-,20?,21?. The Balaban J connectivity index is 1.37. The molecule has 1 aromatic rings. The molecule has 2 fully saturated rings. The van der Waals surface area contributed by atoms with Crippen LogP contribution in [-0.4, -0.2) is 5.97 Å². The number of ether oxygens (including phenoxy) is 1. The third-order valence-corrected chi connectivity index (χ3v) is 6.91. The van der Waals surface area contributed by atoms with Crippen LogP contribution in [0.15, 0.2) is 24.3 Å². The molecule has 2 nitrogen and oxygen atoms in total. The van der Waals surface area contributed by atoms with Gasteiger partial charge in [0, 0.05) is 0 Å². The summed E-state index contributed by atoms with van der Waals surface area (Å²) in [5.41, 5.74) is 0. The van der Waals surface area contributed by atoms with E-state index in [-0.39, 0.29) is 17.7 Å². The largest absolute Gasteiger partial charge is 0.426 e. The first-order valence-corrected chi connectivity index (χ1v) is 11.1. The Labute approximate surface area is 163 Å². The summed E-state index contributed by atoms with van der Waals surface area (Å²) < 4.78 is 18.4. The maximum absolute atomic E-state index is 13.0. The van der Waals surface area contributed by atoms with Crippen molar-refractivity contribution in [1.82, 2.24) is 0 Å². The van der Waals surface area contributed by atoms with Crippen molar-refractivity contribution in [1.29, 1.82) is 0 Å². The van der Waals surface area contributed by atoms with Crippen LogP contribution in [0.1, 0.15) is 84.0 Å². The summed E-state index contributed by atoms with van der Waals surface area (Å²) in [6, 6.07) is 5.71. The minimum atomic E-state index is -0.310. The molecule has 0 radical (unpaired) electrons. The number of hydrogen-bond donors (Lipinski definition) is 0. The van der Waals surface area contributed by atoms with Gasteiger partial charge in [-0.15, -0.1) is 0 Å². The van der Waals surface area contributed by atoms with Crippen molar-refractivity contribution in [2.24, 2.45) is 23.7 Å². The third-order valence-electron chi connectivity index (χ3n) is 6.91. The van der Waals surface area contributed by atoms with Crippen molar-refractivity contribution in [2.45, 2.75) is 84.0 Å². The van der Waals surface area contributed by atoms with Gasteiger partial charge in [0.05, 0.1) is 5.92 Å². The lowest BCUT2D eigenvalue weighted by molar-refractivity contribution is -0.140. The molecule has 3 rings (SSSR count). The zero-order chi connectivity index (χ0) is 19.1. The quantitative estimate of drug-likeness (QED) is 0.294. The molecule has 0 heterocycles. The Hall–Kier alpha value is -1.38. The highest BCUT2D eigenvalue weighted by Gasteiger charge is 2.33. The van der Waals surface area contributed by atoms with Gasteiger partial charge in [-0.3, -0.25) is 4.79 Å². The molecule has 2 aliphatic rings. The van der Waals surface area contributed by atoms with Crippen molar-refractivity contribution in [3.63, 3.8) is 0 Å². The molecule has 0 aliphatic heterocycles. The van der Waals surface area contributed by atoms with Crippen LogP contribution in [0.25, 0.3) is 0 Å². The van der Waals surface area contributed by atoms with Crippen molar-refractivity contribution >= 4 is 5.97 Å². The summed E-state index contributed by atoms with van der Waals surface area (Å²) in [5, 5.41) is 0.